The Labute approximate surface area is 115 Å². The first kappa shape index (κ1) is 18.5. The number of ether oxygens (including phenoxy) is 2. The molecular formula is C11H24N2O5S. The Hall–Kier alpha value is -0.540. The topological polar surface area (TPSA) is 84.9 Å². The maximum absolute atomic E-state index is 11.7. The minimum Gasteiger partial charge on any atom is -0.380 e. The summed E-state index contributed by atoms with van der Waals surface area (Å²) in [6.45, 7) is 3.27. The van der Waals surface area contributed by atoms with Crippen LogP contribution in [-0.2, 0) is 24.3 Å². The smallest absolute Gasteiger partial charge is 0.238 e. The third-order valence-corrected chi connectivity index (χ3v) is 3.95. The zero-order chi connectivity index (χ0) is 14.7. The number of ketones is 1. The summed E-state index contributed by atoms with van der Waals surface area (Å²) in [4.78, 5) is 10.7. The van der Waals surface area contributed by atoms with E-state index in [1.165, 1.54) is 18.3 Å². The van der Waals surface area contributed by atoms with Crippen LogP contribution in [0, 0.1) is 0 Å². The van der Waals surface area contributed by atoms with Gasteiger partial charge in [0.1, 0.15) is 5.78 Å². The highest BCUT2D eigenvalue weighted by Crippen LogP contribution is 1.99. The number of rotatable bonds is 12. The normalized spacial score (nSPS) is 12.0. The second-order valence-corrected chi connectivity index (χ2v) is 6.15. The van der Waals surface area contributed by atoms with Crippen molar-refractivity contribution in [2.75, 3.05) is 52.9 Å². The highest BCUT2D eigenvalue weighted by molar-refractivity contribution is 7.88. The Morgan fingerprint density at radius 1 is 1.21 bits per heavy atom. The van der Waals surface area contributed by atoms with E-state index in [9.17, 15) is 13.2 Å². The van der Waals surface area contributed by atoms with Crippen molar-refractivity contribution in [3.63, 3.8) is 0 Å². The summed E-state index contributed by atoms with van der Waals surface area (Å²) < 4.78 is 34.9. The van der Waals surface area contributed by atoms with Crippen molar-refractivity contribution < 1.29 is 22.7 Å². The Balaban J connectivity index is 3.78. The van der Waals surface area contributed by atoms with Gasteiger partial charge in [-0.25, -0.2) is 12.7 Å². The fourth-order valence-corrected chi connectivity index (χ4v) is 1.94. The highest BCUT2D eigenvalue weighted by atomic mass is 32.2. The van der Waals surface area contributed by atoms with Gasteiger partial charge in [-0.1, -0.05) is 0 Å². The van der Waals surface area contributed by atoms with Crippen molar-refractivity contribution in [2.45, 2.75) is 13.3 Å². The minimum absolute atomic E-state index is 0.0545. The average molecular weight is 296 g/mol. The van der Waals surface area contributed by atoms with Gasteiger partial charge >= 0.3 is 0 Å². The Kier molecular flexibility index (Phi) is 9.98. The molecule has 0 aromatic rings. The SMILES string of the molecule is CNCCOCS(=O)(=O)N(C)CCOCCC(C)=O. The fourth-order valence-electron chi connectivity index (χ4n) is 1.08. The number of sulfonamides is 1. The van der Waals surface area contributed by atoms with Gasteiger partial charge in [0, 0.05) is 26.6 Å². The molecule has 0 bridgehead atoms. The predicted octanol–water partition coefficient (Wildman–Crippen LogP) is -0.563. The molecule has 0 aromatic heterocycles. The molecule has 0 radical (unpaired) electrons. The first-order valence-electron chi connectivity index (χ1n) is 6.13. The van der Waals surface area contributed by atoms with Crippen LogP contribution in [0.3, 0.4) is 0 Å². The number of nitrogens with zero attached hydrogens (tertiary/aromatic N) is 1. The average Bonchev–Trinajstić information content (AvgIpc) is 2.33. The number of carbonyl (C=O) groups excluding carboxylic acids is 1. The lowest BCUT2D eigenvalue weighted by atomic mass is 10.3. The molecule has 1 N–H and O–H groups in total. The molecule has 114 valence electrons. The van der Waals surface area contributed by atoms with Crippen molar-refractivity contribution in [3.8, 4) is 0 Å². The molecule has 19 heavy (non-hydrogen) atoms. The van der Waals surface area contributed by atoms with Crippen molar-refractivity contribution in [3.05, 3.63) is 0 Å². The van der Waals surface area contributed by atoms with Crippen molar-refractivity contribution in [1.82, 2.24) is 9.62 Å². The van der Waals surface area contributed by atoms with Crippen molar-refractivity contribution >= 4 is 15.8 Å². The molecule has 0 saturated heterocycles. The molecule has 0 amide bonds. The summed E-state index contributed by atoms with van der Waals surface area (Å²) in [7, 11) is -0.164. The van der Waals surface area contributed by atoms with Gasteiger partial charge in [0.25, 0.3) is 0 Å². The lowest BCUT2D eigenvalue weighted by Gasteiger charge is -2.17. The Morgan fingerprint density at radius 2 is 1.89 bits per heavy atom. The van der Waals surface area contributed by atoms with Crippen molar-refractivity contribution in [2.24, 2.45) is 0 Å². The minimum atomic E-state index is -3.41. The van der Waals surface area contributed by atoms with Crippen LogP contribution < -0.4 is 5.32 Å². The quantitative estimate of drug-likeness (QED) is 0.486. The van der Waals surface area contributed by atoms with Crippen LogP contribution in [0.15, 0.2) is 0 Å². The number of nitrogens with one attached hydrogen (secondary N) is 1. The van der Waals surface area contributed by atoms with E-state index in [2.05, 4.69) is 5.32 Å². The van der Waals surface area contributed by atoms with Gasteiger partial charge in [-0.3, -0.25) is 4.79 Å². The first-order chi connectivity index (χ1) is 8.90. The van der Waals surface area contributed by atoms with Crippen LogP contribution in [0.2, 0.25) is 0 Å². The maximum Gasteiger partial charge on any atom is 0.238 e. The third kappa shape index (κ3) is 9.97. The van der Waals surface area contributed by atoms with Crippen LogP contribution in [0.1, 0.15) is 13.3 Å². The van der Waals surface area contributed by atoms with E-state index in [0.29, 0.717) is 26.2 Å². The van der Waals surface area contributed by atoms with Crippen molar-refractivity contribution in [1.29, 1.82) is 0 Å². The van der Waals surface area contributed by atoms with Crippen LogP contribution in [-0.4, -0.2) is 71.5 Å². The summed E-state index contributed by atoms with van der Waals surface area (Å²) in [6.07, 6.45) is 0.351. The molecule has 7 nitrogen and oxygen atoms in total. The molecule has 0 atom stereocenters. The third-order valence-electron chi connectivity index (χ3n) is 2.35. The van der Waals surface area contributed by atoms with Crippen LogP contribution >= 0.6 is 0 Å². The molecule has 0 unspecified atom stereocenters. The Bertz CT molecular complexity index is 345. The molecule has 0 fully saturated rings. The van der Waals surface area contributed by atoms with Gasteiger partial charge in [0.2, 0.25) is 10.0 Å². The standard InChI is InChI=1S/C11H24N2O5S/c1-11(14)4-7-17-9-6-13(3)19(15,16)10-18-8-5-12-2/h12H,4-10H2,1-3H3. The number of hydrogen-bond donors (Lipinski definition) is 1. The Morgan fingerprint density at radius 3 is 2.47 bits per heavy atom. The molecule has 0 rings (SSSR count). The predicted molar refractivity (Wildman–Crippen MR) is 72.4 cm³/mol. The lowest BCUT2D eigenvalue weighted by Crippen LogP contribution is -2.33. The van der Waals surface area contributed by atoms with Gasteiger partial charge in [-0.05, 0) is 14.0 Å². The molecule has 0 aromatic carbocycles. The summed E-state index contributed by atoms with van der Waals surface area (Å²) in [5, 5.41) is 2.86. The molecule has 0 aliphatic rings. The zero-order valence-electron chi connectivity index (χ0n) is 11.8. The zero-order valence-corrected chi connectivity index (χ0v) is 12.7. The van der Waals surface area contributed by atoms with E-state index >= 15 is 0 Å². The molecular weight excluding hydrogens is 272 g/mol. The number of likely N-dealkylation sites (N-methyl/N-ethyl adjacent to an activating group) is 2. The van der Waals surface area contributed by atoms with Gasteiger partial charge in [-0.2, -0.15) is 0 Å². The molecule has 0 heterocycles. The highest BCUT2D eigenvalue weighted by Gasteiger charge is 2.17. The molecule has 0 aliphatic carbocycles. The van der Waals surface area contributed by atoms with Gasteiger partial charge in [0.05, 0.1) is 19.8 Å². The second kappa shape index (κ2) is 10.3. The van der Waals surface area contributed by atoms with E-state index in [-0.39, 0.29) is 24.9 Å². The number of Topliss-reactive ketones (excluding diaryl/α,β-unsaturated/α-hetero) is 1. The monoisotopic (exact) mass is 296 g/mol. The summed E-state index contributed by atoms with van der Waals surface area (Å²) >= 11 is 0. The molecule has 0 saturated carbocycles. The van der Waals surface area contributed by atoms with Gasteiger partial charge < -0.3 is 14.8 Å². The maximum atomic E-state index is 11.7. The summed E-state index contributed by atoms with van der Waals surface area (Å²) in [6, 6.07) is 0. The van der Waals surface area contributed by atoms with Crippen LogP contribution in [0.25, 0.3) is 0 Å². The summed E-state index contributed by atoms with van der Waals surface area (Å²) in [5.41, 5.74) is 0. The van der Waals surface area contributed by atoms with E-state index in [0.717, 1.165) is 0 Å². The van der Waals surface area contributed by atoms with Crippen LogP contribution in [0.4, 0.5) is 0 Å². The second-order valence-electron chi connectivity index (χ2n) is 4.13. The van der Waals surface area contributed by atoms with E-state index < -0.39 is 10.0 Å². The molecule has 0 aliphatic heterocycles. The van der Waals surface area contributed by atoms with Gasteiger partial charge in [0.15, 0.2) is 5.94 Å². The largest absolute Gasteiger partial charge is 0.380 e. The molecule has 8 heteroatoms. The van der Waals surface area contributed by atoms with Crippen LogP contribution in [0.5, 0.6) is 0 Å². The number of carbonyl (C=O) groups is 1. The number of hydrogen-bond acceptors (Lipinski definition) is 6. The van der Waals surface area contributed by atoms with E-state index in [4.69, 9.17) is 9.47 Å². The van der Waals surface area contributed by atoms with E-state index in [1.807, 2.05) is 0 Å². The lowest BCUT2D eigenvalue weighted by molar-refractivity contribution is -0.118. The summed E-state index contributed by atoms with van der Waals surface area (Å²) in [5.74, 6) is -0.280. The molecule has 0 spiro atoms. The first-order valence-corrected chi connectivity index (χ1v) is 7.74. The van der Waals surface area contributed by atoms with Gasteiger partial charge in [-0.15, -0.1) is 0 Å². The van der Waals surface area contributed by atoms with E-state index in [1.54, 1.807) is 7.05 Å². The fraction of sp³-hybridized carbons (Fsp3) is 0.909.